The van der Waals surface area contributed by atoms with Gasteiger partial charge in [-0.3, -0.25) is 0 Å². The molecule has 0 heterocycles. The predicted octanol–water partition coefficient (Wildman–Crippen LogP) is 2.53. The second-order valence-electron chi connectivity index (χ2n) is 4.53. The van der Waals surface area contributed by atoms with Crippen LogP contribution in [0.3, 0.4) is 0 Å². The van der Waals surface area contributed by atoms with Crippen molar-refractivity contribution in [3.05, 3.63) is 0 Å². The molecule has 0 saturated heterocycles. The summed E-state index contributed by atoms with van der Waals surface area (Å²) in [4.78, 5) is 0. The molecule has 0 aliphatic carbocycles. The minimum Gasteiger partial charge on any atom is -0.383 e. The Morgan fingerprint density at radius 1 is 1.36 bits per heavy atom. The summed E-state index contributed by atoms with van der Waals surface area (Å²) in [6, 6.07) is 0.490. The van der Waals surface area contributed by atoms with Crippen molar-refractivity contribution in [3.8, 4) is 0 Å². The zero-order valence-electron chi connectivity index (χ0n) is 10.2. The molecular weight excluding hydrogens is 194 g/mol. The van der Waals surface area contributed by atoms with E-state index in [0.717, 1.165) is 18.9 Å². The third kappa shape index (κ3) is 8.85. The van der Waals surface area contributed by atoms with Crippen LogP contribution < -0.4 is 5.32 Å². The van der Waals surface area contributed by atoms with E-state index in [1.165, 1.54) is 6.42 Å². The summed E-state index contributed by atoms with van der Waals surface area (Å²) in [7, 11) is 1.77. The smallest absolute Gasteiger partial charge is 0.0623 e. The Bertz CT molecular complexity index is 134. The van der Waals surface area contributed by atoms with Crippen molar-refractivity contribution < 1.29 is 4.74 Å². The molecule has 2 nitrogen and oxygen atoms in total. The topological polar surface area (TPSA) is 21.3 Å². The van der Waals surface area contributed by atoms with Gasteiger partial charge in [-0.1, -0.05) is 27.7 Å². The van der Waals surface area contributed by atoms with Crippen LogP contribution in [0.2, 0.25) is 0 Å². The standard InChI is InChI=1S/C11H25NOS/c1-6-7-12-10(8-13-5)9-14-11(2,3)4/h10,12H,6-9H2,1-5H3. The first-order valence-corrected chi connectivity index (χ1v) is 6.34. The SMILES string of the molecule is CCCNC(COC)CSC(C)(C)C. The summed E-state index contributed by atoms with van der Waals surface area (Å²) in [6.45, 7) is 10.8. The molecule has 1 N–H and O–H groups in total. The monoisotopic (exact) mass is 219 g/mol. The van der Waals surface area contributed by atoms with Gasteiger partial charge in [-0.2, -0.15) is 11.8 Å². The minimum atomic E-state index is 0.347. The highest BCUT2D eigenvalue weighted by Crippen LogP contribution is 2.23. The molecule has 0 aliphatic heterocycles. The van der Waals surface area contributed by atoms with Gasteiger partial charge in [0.25, 0.3) is 0 Å². The molecular formula is C11H25NOS. The first kappa shape index (κ1) is 14.3. The highest BCUT2D eigenvalue weighted by Gasteiger charge is 2.14. The van der Waals surface area contributed by atoms with Crippen LogP contribution in [-0.2, 0) is 4.74 Å². The van der Waals surface area contributed by atoms with E-state index < -0.39 is 0 Å². The Morgan fingerprint density at radius 2 is 2.00 bits per heavy atom. The van der Waals surface area contributed by atoms with Gasteiger partial charge in [0.15, 0.2) is 0 Å². The van der Waals surface area contributed by atoms with E-state index in [2.05, 4.69) is 33.0 Å². The first-order valence-electron chi connectivity index (χ1n) is 5.36. The average Bonchev–Trinajstić information content (AvgIpc) is 2.08. The average molecular weight is 219 g/mol. The largest absolute Gasteiger partial charge is 0.383 e. The van der Waals surface area contributed by atoms with E-state index in [1.807, 2.05) is 11.8 Å². The molecule has 0 saturated carbocycles. The van der Waals surface area contributed by atoms with Gasteiger partial charge in [0.2, 0.25) is 0 Å². The molecule has 0 aromatic rings. The molecule has 0 amide bonds. The van der Waals surface area contributed by atoms with Crippen LogP contribution in [0.4, 0.5) is 0 Å². The fraction of sp³-hybridized carbons (Fsp3) is 1.00. The summed E-state index contributed by atoms with van der Waals surface area (Å²) in [6.07, 6.45) is 1.18. The number of rotatable bonds is 7. The zero-order valence-corrected chi connectivity index (χ0v) is 11.0. The lowest BCUT2D eigenvalue weighted by Gasteiger charge is -2.23. The van der Waals surface area contributed by atoms with Gasteiger partial charge in [0, 0.05) is 23.7 Å². The summed E-state index contributed by atoms with van der Waals surface area (Å²) >= 11 is 1.99. The van der Waals surface area contributed by atoms with E-state index in [1.54, 1.807) is 7.11 Å². The lowest BCUT2D eigenvalue weighted by atomic mass is 10.3. The fourth-order valence-electron chi connectivity index (χ4n) is 1.07. The van der Waals surface area contributed by atoms with Gasteiger partial charge in [0.05, 0.1) is 6.61 Å². The number of nitrogens with one attached hydrogen (secondary N) is 1. The quantitative estimate of drug-likeness (QED) is 0.711. The maximum Gasteiger partial charge on any atom is 0.0623 e. The molecule has 86 valence electrons. The molecule has 0 radical (unpaired) electrons. The molecule has 1 unspecified atom stereocenters. The highest BCUT2D eigenvalue weighted by molar-refractivity contribution is 8.00. The summed E-state index contributed by atoms with van der Waals surface area (Å²) in [5.74, 6) is 1.12. The Kier molecular flexibility index (Phi) is 7.69. The van der Waals surface area contributed by atoms with E-state index in [-0.39, 0.29) is 0 Å². The number of thioether (sulfide) groups is 1. The molecule has 0 bridgehead atoms. The van der Waals surface area contributed by atoms with Crippen LogP contribution in [-0.4, -0.2) is 36.8 Å². The Morgan fingerprint density at radius 3 is 2.43 bits per heavy atom. The normalized spacial score (nSPS) is 14.4. The molecule has 14 heavy (non-hydrogen) atoms. The molecule has 0 fully saturated rings. The van der Waals surface area contributed by atoms with Gasteiger partial charge in [0.1, 0.15) is 0 Å². The van der Waals surface area contributed by atoms with Crippen LogP contribution in [0.25, 0.3) is 0 Å². The summed E-state index contributed by atoms with van der Waals surface area (Å²) in [5.41, 5.74) is 0. The third-order valence-electron chi connectivity index (χ3n) is 1.77. The van der Waals surface area contributed by atoms with Crippen LogP contribution >= 0.6 is 11.8 Å². The van der Waals surface area contributed by atoms with Crippen LogP contribution in [0.15, 0.2) is 0 Å². The fourth-order valence-corrected chi connectivity index (χ4v) is 1.98. The Labute approximate surface area is 93.2 Å². The van der Waals surface area contributed by atoms with E-state index >= 15 is 0 Å². The summed E-state index contributed by atoms with van der Waals surface area (Å²) in [5, 5.41) is 3.50. The highest BCUT2D eigenvalue weighted by atomic mass is 32.2. The van der Waals surface area contributed by atoms with E-state index in [4.69, 9.17) is 4.74 Å². The van der Waals surface area contributed by atoms with Crippen LogP contribution in [0, 0.1) is 0 Å². The van der Waals surface area contributed by atoms with Crippen molar-refractivity contribution in [2.24, 2.45) is 0 Å². The maximum absolute atomic E-state index is 5.19. The predicted molar refractivity (Wildman–Crippen MR) is 66.2 cm³/mol. The van der Waals surface area contributed by atoms with Gasteiger partial charge in [-0.15, -0.1) is 0 Å². The molecule has 0 spiro atoms. The first-order chi connectivity index (χ1) is 6.49. The van der Waals surface area contributed by atoms with Crippen molar-refractivity contribution in [3.63, 3.8) is 0 Å². The third-order valence-corrected chi connectivity index (χ3v) is 3.20. The maximum atomic E-state index is 5.19. The Balaban J connectivity index is 3.72. The number of ether oxygens (including phenoxy) is 1. The lowest BCUT2D eigenvalue weighted by Crippen LogP contribution is -2.37. The second-order valence-corrected chi connectivity index (χ2v) is 6.38. The Hall–Kier alpha value is 0.270. The summed E-state index contributed by atoms with van der Waals surface area (Å²) < 4.78 is 5.54. The molecule has 0 aromatic carbocycles. The number of methoxy groups -OCH3 is 1. The molecule has 1 atom stereocenters. The van der Waals surface area contributed by atoms with Gasteiger partial charge in [-0.25, -0.2) is 0 Å². The van der Waals surface area contributed by atoms with Crippen molar-refractivity contribution in [2.45, 2.75) is 44.9 Å². The van der Waals surface area contributed by atoms with Crippen LogP contribution in [0.1, 0.15) is 34.1 Å². The number of hydrogen-bond acceptors (Lipinski definition) is 3. The molecule has 3 heteroatoms. The zero-order chi connectivity index (χ0) is 11.0. The minimum absolute atomic E-state index is 0.347. The van der Waals surface area contributed by atoms with E-state index in [9.17, 15) is 0 Å². The lowest BCUT2D eigenvalue weighted by molar-refractivity contribution is 0.174. The van der Waals surface area contributed by atoms with Crippen LogP contribution in [0.5, 0.6) is 0 Å². The van der Waals surface area contributed by atoms with Crippen molar-refractivity contribution in [1.29, 1.82) is 0 Å². The van der Waals surface area contributed by atoms with Gasteiger partial charge in [-0.05, 0) is 13.0 Å². The van der Waals surface area contributed by atoms with Gasteiger partial charge < -0.3 is 10.1 Å². The molecule has 0 rings (SSSR count). The van der Waals surface area contributed by atoms with Crippen molar-refractivity contribution >= 4 is 11.8 Å². The number of hydrogen-bond donors (Lipinski definition) is 1. The van der Waals surface area contributed by atoms with Crippen molar-refractivity contribution in [2.75, 3.05) is 26.0 Å². The second kappa shape index (κ2) is 7.55. The van der Waals surface area contributed by atoms with Gasteiger partial charge >= 0.3 is 0 Å². The molecule has 0 aliphatic rings. The van der Waals surface area contributed by atoms with Crippen molar-refractivity contribution in [1.82, 2.24) is 5.32 Å². The van der Waals surface area contributed by atoms with E-state index in [0.29, 0.717) is 10.8 Å². The molecule has 0 aromatic heterocycles.